The average molecular weight is 493 g/mol. The smallest absolute Gasteiger partial charge is 0.185 e. The van der Waals surface area contributed by atoms with Gasteiger partial charge in [-0.25, -0.2) is 15.2 Å². The first-order valence-electron chi connectivity index (χ1n) is 10.9. The molecule has 182 valence electrons. The number of nitrogens with two attached hydrogens (primary N) is 1. The highest BCUT2D eigenvalue weighted by Gasteiger charge is 2.17. The molecule has 0 spiro atoms. The number of aromatic nitrogens is 1. The lowest BCUT2D eigenvalue weighted by molar-refractivity contribution is -0.104. The number of fused-ring (bicyclic) bond motifs is 1. The summed E-state index contributed by atoms with van der Waals surface area (Å²) in [7, 11) is 1.71. The zero-order valence-electron chi connectivity index (χ0n) is 20.2. The number of rotatable bonds is 5. The standard InChI is InChI=1S/C20H14FNOS.C5H9N3O.C2H6/c1-2-14(12-23)11-15-13-24-19-10-6-4-8-17(19)20(22-15)16-7-3-5-9-18(16)21;1-4-3-5(7-9-4)8(2)6;1-2/h2-13H,1H2;3H,6H2,1-2H3;1-2H3/b14-11+;;. The van der Waals surface area contributed by atoms with Gasteiger partial charge in [0.05, 0.1) is 11.4 Å². The highest BCUT2D eigenvalue weighted by atomic mass is 32.2. The molecule has 2 heterocycles. The van der Waals surface area contributed by atoms with E-state index in [1.165, 1.54) is 28.9 Å². The molecule has 0 aliphatic carbocycles. The maximum Gasteiger partial charge on any atom is 0.185 e. The zero-order chi connectivity index (χ0) is 25.8. The largest absolute Gasteiger partial charge is 0.360 e. The van der Waals surface area contributed by atoms with Gasteiger partial charge in [-0.2, -0.15) is 0 Å². The Balaban J connectivity index is 0.000000329. The molecule has 0 bridgehead atoms. The molecule has 0 saturated carbocycles. The number of anilines is 1. The number of aldehydes is 1. The van der Waals surface area contributed by atoms with E-state index in [1.54, 1.807) is 37.4 Å². The fourth-order valence-corrected chi connectivity index (χ4v) is 3.68. The van der Waals surface area contributed by atoms with Crippen LogP contribution in [0.4, 0.5) is 10.2 Å². The number of nitrogens with zero attached hydrogens (tertiary/aromatic N) is 3. The van der Waals surface area contributed by atoms with Crippen LogP contribution in [0, 0.1) is 12.7 Å². The predicted octanol–water partition coefficient (Wildman–Crippen LogP) is 6.24. The topological polar surface area (TPSA) is 84.7 Å². The molecule has 1 aromatic heterocycles. The third kappa shape index (κ3) is 7.63. The number of aliphatic imine (C=N–C) groups is 1. The van der Waals surface area contributed by atoms with Crippen LogP contribution in [0.1, 0.15) is 30.7 Å². The molecule has 1 aliphatic rings. The summed E-state index contributed by atoms with van der Waals surface area (Å²) >= 11 is 1.49. The summed E-state index contributed by atoms with van der Waals surface area (Å²) in [6.07, 6.45) is 3.82. The lowest BCUT2D eigenvalue weighted by atomic mass is 10.0. The van der Waals surface area contributed by atoms with Crippen molar-refractivity contribution < 1.29 is 13.7 Å². The molecule has 2 aromatic carbocycles. The second-order valence-electron chi connectivity index (χ2n) is 6.97. The van der Waals surface area contributed by atoms with Gasteiger partial charge in [0.2, 0.25) is 0 Å². The lowest BCUT2D eigenvalue weighted by Gasteiger charge is -2.10. The number of hydrogen-bond acceptors (Lipinski definition) is 7. The van der Waals surface area contributed by atoms with Gasteiger partial charge < -0.3 is 4.52 Å². The van der Waals surface area contributed by atoms with Crippen LogP contribution in [0.3, 0.4) is 0 Å². The molecule has 0 radical (unpaired) electrons. The molecule has 35 heavy (non-hydrogen) atoms. The van der Waals surface area contributed by atoms with E-state index < -0.39 is 0 Å². The lowest BCUT2D eigenvalue weighted by Crippen LogP contribution is -2.25. The van der Waals surface area contributed by atoms with E-state index >= 15 is 0 Å². The maximum atomic E-state index is 14.3. The van der Waals surface area contributed by atoms with Crippen LogP contribution < -0.4 is 10.9 Å². The minimum Gasteiger partial charge on any atom is -0.360 e. The van der Waals surface area contributed by atoms with Crippen molar-refractivity contribution >= 4 is 29.6 Å². The van der Waals surface area contributed by atoms with E-state index in [1.807, 2.05) is 50.4 Å². The Hall–Kier alpha value is -3.75. The Morgan fingerprint density at radius 1 is 1.14 bits per heavy atom. The first kappa shape index (κ1) is 27.5. The van der Waals surface area contributed by atoms with Gasteiger partial charge in [-0.3, -0.25) is 9.80 Å². The molecular formula is C27H29FN4O2S. The number of hydrogen-bond donors (Lipinski definition) is 1. The summed E-state index contributed by atoms with van der Waals surface area (Å²) in [5.41, 5.74) is 2.84. The van der Waals surface area contributed by atoms with E-state index in [9.17, 15) is 9.18 Å². The number of thioether (sulfide) groups is 1. The average Bonchev–Trinajstić information content (AvgIpc) is 3.24. The van der Waals surface area contributed by atoms with Crippen molar-refractivity contribution in [1.82, 2.24) is 5.16 Å². The Morgan fingerprint density at radius 3 is 2.34 bits per heavy atom. The van der Waals surface area contributed by atoms with Crippen LogP contribution >= 0.6 is 11.8 Å². The van der Waals surface area contributed by atoms with Gasteiger partial charge >= 0.3 is 0 Å². The SMILES string of the molecule is C=C/C(C=O)=C\C1=CSc2ccccc2C(c2ccccc2F)=N1.CC.Cc1cc(N(C)N)no1. The molecular weight excluding hydrogens is 463 g/mol. The number of hydrazine groups is 1. The first-order chi connectivity index (χ1) is 16.9. The minimum atomic E-state index is -0.333. The zero-order valence-corrected chi connectivity index (χ0v) is 21.1. The Bertz CT molecular complexity index is 1240. The molecule has 4 rings (SSSR count). The molecule has 6 nitrogen and oxygen atoms in total. The summed E-state index contributed by atoms with van der Waals surface area (Å²) in [5, 5.41) is 6.89. The van der Waals surface area contributed by atoms with Crippen LogP contribution in [-0.2, 0) is 4.79 Å². The van der Waals surface area contributed by atoms with Crippen LogP contribution in [0.2, 0.25) is 0 Å². The fraction of sp³-hybridized carbons (Fsp3) is 0.148. The molecule has 1 aliphatic heterocycles. The quantitative estimate of drug-likeness (QED) is 0.149. The molecule has 0 amide bonds. The van der Waals surface area contributed by atoms with Crippen LogP contribution in [-0.4, -0.2) is 24.2 Å². The Kier molecular flexibility index (Phi) is 10.9. The van der Waals surface area contributed by atoms with E-state index in [2.05, 4.69) is 16.7 Å². The summed E-state index contributed by atoms with van der Waals surface area (Å²) in [6.45, 7) is 9.43. The monoisotopic (exact) mass is 492 g/mol. The molecule has 8 heteroatoms. The Morgan fingerprint density at radius 2 is 1.80 bits per heavy atom. The second-order valence-corrected chi connectivity index (χ2v) is 7.88. The third-order valence-corrected chi connectivity index (χ3v) is 5.45. The summed E-state index contributed by atoms with van der Waals surface area (Å²) < 4.78 is 19.1. The normalized spacial score (nSPS) is 12.3. The van der Waals surface area contributed by atoms with E-state index in [-0.39, 0.29) is 5.82 Å². The van der Waals surface area contributed by atoms with Gasteiger partial charge in [-0.15, -0.1) is 0 Å². The molecule has 3 aromatic rings. The second kappa shape index (κ2) is 13.8. The van der Waals surface area contributed by atoms with Gasteiger partial charge in [0, 0.05) is 40.1 Å². The first-order valence-corrected chi connectivity index (χ1v) is 11.8. The van der Waals surface area contributed by atoms with Crippen molar-refractivity contribution in [1.29, 1.82) is 0 Å². The van der Waals surface area contributed by atoms with Crippen molar-refractivity contribution in [2.24, 2.45) is 10.8 Å². The third-order valence-electron chi connectivity index (χ3n) is 4.48. The fourth-order valence-electron chi connectivity index (χ4n) is 2.86. The molecule has 2 N–H and O–H groups in total. The number of allylic oxidation sites excluding steroid dienone is 3. The van der Waals surface area contributed by atoms with Crippen molar-refractivity contribution in [2.75, 3.05) is 12.1 Å². The highest BCUT2D eigenvalue weighted by molar-refractivity contribution is 8.02. The highest BCUT2D eigenvalue weighted by Crippen LogP contribution is 2.32. The molecule has 0 atom stereocenters. The molecule has 0 saturated heterocycles. The van der Waals surface area contributed by atoms with Crippen molar-refractivity contribution in [2.45, 2.75) is 25.7 Å². The molecule has 0 fully saturated rings. The Labute approximate surface area is 209 Å². The van der Waals surface area contributed by atoms with Crippen molar-refractivity contribution in [3.63, 3.8) is 0 Å². The summed E-state index contributed by atoms with van der Waals surface area (Å²) in [6, 6.07) is 16.0. The van der Waals surface area contributed by atoms with Crippen LogP contribution in [0.15, 0.2) is 104 Å². The number of carbonyl (C=O) groups is 1. The predicted molar refractivity (Wildman–Crippen MR) is 142 cm³/mol. The van der Waals surface area contributed by atoms with E-state index in [4.69, 9.17) is 10.4 Å². The summed E-state index contributed by atoms with van der Waals surface area (Å²) in [5.74, 6) is 6.42. The van der Waals surface area contributed by atoms with Gasteiger partial charge in [0.1, 0.15) is 17.9 Å². The number of aryl methyl sites for hydroxylation is 1. The van der Waals surface area contributed by atoms with E-state index in [0.717, 1.165) is 22.5 Å². The number of benzene rings is 2. The van der Waals surface area contributed by atoms with Gasteiger partial charge in [-0.1, -0.05) is 73.8 Å². The van der Waals surface area contributed by atoms with Crippen LogP contribution in [0.25, 0.3) is 0 Å². The van der Waals surface area contributed by atoms with Crippen LogP contribution in [0.5, 0.6) is 0 Å². The van der Waals surface area contributed by atoms with Gasteiger partial charge in [0.25, 0.3) is 0 Å². The van der Waals surface area contributed by atoms with Crippen molar-refractivity contribution in [3.8, 4) is 0 Å². The van der Waals surface area contributed by atoms with E-state index in [0.29, 0.717) is 28.4 Å². The van der Waals surface area contributed by atoms with Crippen molar-refractivity contribution in [3.05, 3.63) is 113 Å². The number of halogens is 1. The maximum absolute atomic E-state index is 14.3. The number of carbonyl (C=O) groups excluding carboxylic acids is 1. The summed E-state index contributed by atoms with van der Waals surface area (Å²) in [4.78, 5) is 16.6. The minimum absolute atomic E-state index is 0.333. The van der Waals surface area contributed by atoms with Gasteiger partial charge in [-0.05, 0) is 31.2 Å². The molecule has 0 unspecified atom stereocenters. The van der Waals surface area contributed by atoms with Gasteiger partial charge in [0.15, 0.2) is 5.82 Å².